The minimum Gasteiger partial charge on any atom is -0.369 e. The number of anilines is 1. The molecule has 1 heterocycles. The van der Waals surface area contributed by atoms with Crippen molar-refractivity contribution in [1.82, 2.24) is 0 Å². The topological polar surface area (TPSA) is 46.6 Å². The zero-order valence-corrected chi connectivity index (χ0v) is 8.29. The minimum atomic E-state index is -0.622. The summed E-state index contributed by atoms with van der Waals surface area (Å²) in [7, 11) is 1.43. The SMILES string of the molecule is CO[C@H]1C(=O)N(c2ccccc2)[C@H]1C=O. The first-order valence-electron chi connectivity index (χ1n) is 4.66. The van der Waals surface area contributed by atoms with Gasteiger partial charge in [-0.15, -0.1) is 0 Å². The highest BCUT2D eigenvalue weighted by atomic mass is 16.5. The second-order valence-electron chi connectivity index (χ2n) is 3.33. The summed E-state index contributed by atoms with van der Waals surface area (Å²) in [5.74, 6) is -0.166. The Balaban J connectivity index is 2.25. The van der Waals surface area contributed by atoms with Gasteiger partial charge in [-0.05, 0) is 12.1 Å². The van der Waals surface area contributed by atoms with Gasteiger partial charge in [0.25, 0.3) is 5.91 Å². The molecule has 0 spiro atoms. The summed E-state index contributed by atoms with van der Waals surface area (Å²) in [6.45, 7) is 0. The van der Waals surface area contributed by atoms with E-state index >= 15 is 0 Å². The third-order valence-corrected chi connectivity index (χ3v) is 2.52. The first-order chi connectivity index (χ1) is 7.29. The maximum atomic E-state index is 11.6. The molecule has 1 aliphatic heterocycles. The number of hydrogen-bond donors (Lipinski definition) is 0. The van der Waals surface area contributed by atoms with Crippen molar-refractivity contribution in [1.29, 1.82) is 0 Å². The number of benzene rings is 1. The van der Waals surface area contributed by atoms with E-state index in [1.54, 1.807) is 12.1 Å². The Kier molecular flexibility index (Phi) is 2.51. The van der Waals surface area contributed by atoms with E-state index in [9.17, 15) is 9.59 Å². The number of rotatable bonds is 3. The number of methoxy groups -OCH3 is 1. The Labute approximate surface area is 87.4 Å². The molecular formula is C11H11NO3. The van der Waals surface area contributed by atoms with E-state index in [0.717, 1.165) is 12.0 Å². The molecule has 1 aromatic carbocycles. The normalized spacial score (nSPS) is 24.9. The molecule has 4 heteroatoms. The van der Waals surface area contributed by atoms with Crippen molar-refractivity contribution in [3.8, 4) is 0 Å². The monoisotopic (exact) mass is 205 g/mol. The highest BCUT2D eigenvalue weighted by molar-refractivity contribution is 6.09. The Morgan fingerprint density at radius 1 is 1.33 bits per heavy atom. The molecule has 0 unspecified atom stereocenters. The molecule has 0 aliphatic carbocycles. The van der Waals surface area contributed by atoms with Gasteiger partial charge in [0, 0.05) is 12.8 Å². The summed E-state index contributed by atoms with van der Waals surface area (Å²) in [4.78, 5) is 23.9. The van der Waals surface area contributed by atoms with Crippen LogP contribution in [0.5, 0.6) is 0 Å². The number of aldehydes is 1. The maximum absolute atomic E-state index is 11.6. The molecule has 1 fully saturated rings. The third kappa shape index (κ3) is 1.43. The van der Waals surface area contributed by atoms with E-state index in [1.807, 2.05) is 18.2 Å². The molecule has 0 radical (unpaired) electrons. The molecule has 0 N–H and O–H groups in total. The van der Waals surface area contributed by atoms with Crippen molar-refractivity contribution in [2.45, 2.75) is 12.1 Å². The lowest BCUT2D eigenvalue weighted by molar-refractivity contribution is -0.142. The van der Waals surface area contributed by atoms with Crippen molar-refractivity contribution in [2.75, 3.05) is 12.0 Å². The molecule has 0 saturated carbocycles. The Hall–Kier alpha value is -1.68. The van der Waals surface area contributed by atoms with Gasteiger partial charge in [0.1, 0.15) is 12.3 Å². The highest BCUT2D eigenvalue weighted by Crippen LogP contribution is 2.28. The molecule has 1 amide bonds. The molecule has 2 atom stereocenters. The van der Waals surface area contributed by atoms with Crippen LogP contribution in [0.2, 0.25) is 0 Å². The summed E-state index contributed by atoms with van der Waals surface area (Å²) in [6.07, 6.45) is 0.116. The second-order valence-corrected chi connectivity index (χ2v) is 3.33. The number of amides is 1. The summed E-state index contributed by atoms with van der Waals surface area (Å²) >= 11 is 0. The molecule has 78 valence electrons. The molecule has 4 nitrogen and oxygen atoms in total. The number of hydrogen-bond acceptors (Lipinski definition) is 3. The Morgan fingerprint density at radius 2 is 2.00 bits per heavy atom. The molecule has 1 aliphatic rings. The van der Waals surface area contributed by atoms with E-state index in [-0.39, 0.29) is 5.91 Å². The van der Waals surface area contributed by atoms with Gasteiger partial charge in [0.15, 0.2) is 6.10 Å². The van der Waals surface area contributed by atoms with E-state index in [2.05, 4.69) is 0 Å². The summed E-state index contributed by atoms with van der Waals surface area (Å²) in [5, 5.41) is 0. The van der Waals surface area contributed by atoms with Gasteiger partial charge in [0.05, 0.1) is 0 Å². The number of para-hydroxylation sites is 1. The lowest BCUT2D eigenvalue weighted by Crippen LogP contribution is -2.66. The Bertz CT molecular complexity index is 377. The number of carbonyl (C=O) groups excluding carboxylic acids is 2. The molecule has 15 heavy (non-hydrogen) atoms. The van der Waals surface area contributed by atoms with Crippen molar-refractivity contribution in [2.24, 2.45) is 0 Å². The second kappa shape index (κ2) is 3.82. The van der Waals surface area contributed by atoms with Crippen LogP contribution in [0, 0.1) is 0 Å². The average molecular weight is 205 g/mol. The third-order valence-electron chi connectivity index (χ3n) is 2.52. The predicted molar refractivity (Wildman–Crippen MR) is 54.6 cm³/mol. The fourth-order valence-electron chi connectivity index (χ4n) is 1.74. The van der Waals surface area contributed by atoms with Crippen LogP contribution in [-0.2, 0) is 14.3 Å². The van der Waals surface area contributed by atoms with Crippen molar-refractivity contribution >= 4 is 17.9 Å². The van der Waals surface area contributed by atoms with Crippen LogP contribution in [0.25, 0.3) is 0 Å². The highest BCUT2D eigenvalue weighted by Gasteiger charge is 2.48. The standard InChI is InChI=1S/C11H11NO3/c1-15-10-9(7-13)12(11(10)14)8-5-3-2-4-6-8/h2-7,9-10H,1H3/t9-,10+/m0/s1. The lowest BCUT2D eigenvalue weighted by atomic mass is 9.98. The van der Waals surface area contributed by atoms with Crippen LogP contribution in [-0.4, -0.2) is 31.4 Å². The van der Waals surface area contributed by atoms with E-state index in [1.165, 1.54) is 12.0 Å². The van der Waals surface area contributed by atoms with E-state index < -0.39 is 12.1 Å². The predicted octanol–water partition coefficient (Wildman–Crippen LogP) is 0.616. The van der Waals surface area contributed by atoms with Crippen molar-refractivity contribution in [3.63, 3.8) is 0 Å². The zero-order valence-electron chi connectivity index (χ0n) is 8.29. The molecule has 1 aromatic rings. The number of carbonyl (C=O) groups is 2. The van der Waals surface area contributed by atoms with Crippen LogP contribution in [0.3, 0.4) is 0 Å². The van der Waals surface area contributed by atoms with Gasteiger partial charge in [-0.3, -0.25) is 9.69 Å². The summed E-state index contributed by atoms with van der Waals surface area (Å²) in [6, 6.07) is 8.60. The molecule has 2 rings (SSSR count). The number of β-lactam (4-membered cyclic amide) rings is 1. The molecule has 1 saturated heterocycles. The van der Waals surface area contributed by atoms with E-state index in [4.69, 9.17) is 4.74 Å². The van der Waals surface area contributed by atoms with Gasteiger partial charge in [0.2, 0.25) is 0 Å². The lowest BCUT2D eigenvalue weighted by Gasteiger charge is -2.42. The molecular weight excluding hydrogens is 194 g/mol. The van der Waals surface area contributed by atoms with Crippen LogP contribution in [0.15, 0.2) is 30.3 Å². The first-order valence-corrected chi connectivity index (χ1v) is 4.66. The van der Waals surface area contributed by atoms with Gasteiger partial charge in [-0.25, -0.2) is 0 Å². The van der Waals surface area contributed by atoms with Crippen LogP contribution >= 0.6 is 0 Å². The average Bonchev–Trinajstić information content (AvgIpc) is 2.27. The summed E-state index contributed by atoms with van der Waals surface area (Å²) in [5.41, 5.74) is 0.730. The number of ether oxygens (including phenoxy) is 1. The number of nitrogens with zero attached hydrogens (tertiary/aromatic N) is 1. The van der Waals surface area contributed by atoms with Gasteiger partial charge < -0.3 is 9.53 Å². The molecule has 0 bridgehead atoms. The fraction of sp³-hybridized carbons (Fsp3) is 0.273. The van der Waals surface area contributed by atoms with E-state index in [0.29, 0.717) is 0 Å². The first kappa shape index (κ1) is 9.86. The Morgan fingerprint density at radius 3 is 2.53 bits per heavy atom. The summed E-state index contributed by atoms with van der Waals surface area (Å²) < 4.78 is 4.93. The zero-order chi connectivity index (χ0) is 10.8. The van der Waals surface area contributed by atoms with Crippen LogP contribution < -0.4 is 4.90 Å². The minimum absolute atomic E-state index is 0.166. The van der Waals surface area contributed by atoms with Crippen molar-refractivity contribution in [3.05, 3.63) is 30.3 Å². The van der Waals surface area contributed by atoms with Gasteiger partial charge in [-0.1, -0.05) is 18.2 Å². The van der Waals surface area contributed by atoms with Crippen molar-refractivity contribution < 1.29 is 14.3 Å². The smallest absolute Gasteiger partial charge is 0.259 e. The van der Waals surface area contributed by atoms with Gasteiger partial charge in [-0.2, -0.15) is 0 Å². The molecule has 0 aromatic heterocycles. The van der Waals surface area contributed by atoms with Gasteiger partial charge >= 0.3 is 0 Å². The van der Waals surface area contributed by atoms with Crippen LogP contribution in [0.4, 0.5) is 5.69 Å². The largest absolute Gasteiger partial charge is 0.369 e. The quantitative estimate of drug-likeness (QED) is 0.536. The fourth-order valence-corrected chi connectivity index (χ4v) is 1.74. The van der Waals surface area contributed by atoms with Crippen LogP contribution in [0.1, 0.15) is 0 Å². The maximum Gasteiger partial charge on any atom is 0.259 e.